The zero-order chi connectivity index (χ0) is 20.6. The maximum Gasteiger partial charge on any atom is 0.259 e. The first-order chi connectivity index (χ1) is 14.7. The summed E-state index contributed by atoms with van der Waals surface area (Å²) in [7, 11) is 0. The molecule has 4 aromatic rings. The molecule has 1 aliphatic rings. The number of nitrogens with two attached hydrogens (primary N) is 1. The van der Waals surface area contributed by atoms with Crippen molar-refractivity contribution < 1.29 is 4.52 Å². The van der Waals surface area contributed by atoms with Crippen molar-refractivity contribution in [3.8, 4) is 22.7 Å². The van der Waals surface area contributed by atoms with Gasteiger partial charge in [0.05, 0.1) is 21.7 Å². The van der Waals surface area contributed by atoms with Crippen LogP contribution in [-0.2, 0) is 5.41 Å². The maximum atomic E-state index is 5.58. The van der Waals surface area contributed by atoms with Gasteiger partial charge < -0.3 is 10.3 Å². The van der Waals surface area contributed by atoms with Gasteiger partial charge in [0.25, 0.3) is 5.89 Å². The first kappa shape index (κ1) is 18.7. The smallest absolute Gasteiger partial charge is 0.259 e. The van der Waals surface area contributed by atoms with Crippen LogP contribution >= 0.6 is 11.8 Å². The fourth-order valence-corrected chi connectivity index (χ4v) is 4.01. The average Bonchev–Trinajstić information content (AvgIpc) is 3.24. The summed E-state index contributed by atoms with van der Waals surface area (Å²) in [6, 6.07) is 7.94. The van der Waals surface area contributed by atoms with Crippen molar-refractivity contribution in [3.05, 3.63) is 60.4 Å². The Labute approximate surface area is 177 Å². The minimum atomic E-state index is -0.266. The van der Waals surface area contributed by atoms with Gasteiger partial charge in [-0.25, -0.2) is 15.0 Å². The molecular formula is C21H19N7OS. The third-order valence-electron chi connectivity index (χ3n) is 5.54. The van der Waals surface area contributed by atoms with Gasteiger partial charge in [-0.1, -0.05) is 17.6 Å². The van der Waals surface area contributed by atoms with E-state index in [-0.39, 0.29) is 11.4 Å². The molecule has 0 saturated heterocycles. The second-order valence-corrected chi connectivity index (χ2v) is 8.04. The third-order valence-corrected chi connectivity index (χ3v) is 6.20. The van der Waals surface area contributed by atoms with E-state index in [1.54, 1.807) is 30.4 Å². The van der Waals surface area contributed by atoms with E-state index in [4.69, 9.17) is 15.2 Å². The van der Waals surface area contributed by atoms with E-state index in [1.807, 2.05) is 30.7 Å². The minimum absolute atomic E-state index is 0.245. The van der Waals surface area contributed by atoms with Gasteiger partial charge >= 0.3 is 0 Å². The van der Waals surface area contributed by atoms with Crippen LogP contribution in [0.15, 0.2) is 58.6 Å². The molecule has 0 aromatic carbocycles. The lowest BCUT2D eigenvalue weighted by atomic mass is 9.64. The lowest BCUT2D eigenvalue weighted by Crippen LogP contribution is -2.36. The molecule has 4 aromatic heterocycles. The van der Waals surface area contributed by atoms with Crippen molar-refractivity contribution in [2.24, 2.45) is 0 Å². The summed E-state index contributed by atoms with van der Waals surface area (Å²) in [5.74, 6) is 1.43. The number of hydrogen-bond acceptors (Lipinski definition) is 9. The standard InChI is InChI=1S/C21H19N7OS/c1-30-17-6-3-13(9-24-17)18-27-19(28-29-18)21(7-2-8-21)15-4-5-16(23-12-15)14-10-25-20(22)26-11-14/h3-6,9-12H,2,7-8H2,1H3,(H2,22,25,26). The molecule has 30 heavy (non-hydrogen) atoms. The van der Waals surface area contributed by atoms with Crippen molar-refractivity contribution in [1.82, 2.24) is 30.1 Å². The molecule has 1 fully saturated rings. The predicted molar refractivity (Wildman–Crippen MR) is 114 cm³/mol. The highest BCUT2D eigenvalue weighted by molar-refractivity contribution is 7.98. The highest BCUT2D eigenvalue weighted by Crippen LogP contribution is 2.48. The monoisotopic (exact) mass is 417 g/mol. The Morgan fingerprint density at radius 3 is 2.33 bits per heavy atom. The van der Waals surface area contributed by atoms with Crippen LogP contribution < -0.4 is 5.73 Å². The highest BCUT2D eigenvalue weighted by Gasteiger charge is 2.44. The summed E-state index contributed by atoms with van der Waals surface area (Å²) < 4.78 is 5.58. The number of pyridine rings is 2. The van der Waals surface area contributed by atoms with E-state index in [0.717, 1.165) is 46.7 Å². The maximum absolute atomic E-state index is 5.58. The Balaban J connectivity index is 1.44. The molecule has 1 aliphatic carbocycles. The molecule has 0 spiro atoms. The van der Waals surface area contributed by atoms with E-state index in [9.17, 15) is 0 Å². The third kappa shape index (κ3) is 3.21. The number of anilines is 1. The summed E-state index contributed by atoms with van der Waals surface area (Å²) in [4.78, 5) is 21.8. The van der Waals surface area contributed by atoms with E-state index in [1.165, 1.54) is 0 Å². The number of nitrogen functional groups attached to an aromatic ring is 1. The molecule has 0 bridgehead atoms. The first-order valence-electron chi connectivity index (χ1n) is 9.57. The van der Waals surface area contributed by atoms with E-state index in [2.05, 4.69) is 31.2 Å². The summed E-state index contributed by atoms with van der Waals surface area (Å²) in [5, 5.41) is 5.27. The number of rotatable bonds is 5. The Kier molecular flexibility index (Phi) is 4.66. The molecule has 0 unspecified atom stereocenters. The number of aromatic nitrogens is 6. The van der Waals surface area contributed by atoms with Gasteiger partial charge in [0.1, 0.15) is 0 Å². The molecule has 8 nitrogen and oxygen atoms in total. The van der Waals surface area contributed by atoms with Crippen LogP contribution in [0.3, 0.4) is 0 Å². The van der Waals surface area contributed by atoms with Gasteiger partial charge in [0.2, 0.25) is 5.95 Å². The summed E-state index contributed by atoms with van der Waals surface area (Å²) >= 11 is 1.59. The van der Waals surface area contributed by atoms with Crippen LogP contribution in [0, 0.1) is 0 Å². The van der Waals surface area contributed by atoms with Crippen molar-refractivity contribution in [2.45, 2.75) is 29.7 Å². The average molecular weight is 417 g/mol. The molecule has 0 aliphatic heterocycles. The van der Waals surface area contributed by atoms with Crippen LogP contribution in [0.25, 0.3) is 22.7 Å². The normalized spacial score (nSPS) is 15.0. The van der Waals surface area contributed by atoms with Crippen LogP contribution in [0.4, 0.5) is 5.95 Å². The molecule has 0 atom stereocenters. The van der Waals surface area contributed by atoms with Crippen LogP contribution in [-0.4, -0.2) is 36.3 Å². The molecule has 4 heterocycles. The number of nitrogens with zero attached hydrogens (tertiary/aromatic N) is 6. The van der Waals surface area contributed by atoms with Gasteiger partial charge in [-0.15, -0.1) is 11.8 Å². The molecule has 0 amide bonds. The SMILES string of the molecule is CSc1ccc(-c2nc(C3(c4ccc(-c5cnc(N)nc5)nc4)CCC3)no2)cn1. The summed E-state index contributed by atoms with van der Waals surface area (Å²) in [5.41, 5.74) is 8.81. The van der Waals surface area contributed by atoms with Crippen molar-refractivity contribution in [3.63, 3.8) is 0 Å². The van der Waals surface area contributed by atoms with Crippen molar-refractivity contribution in [1.29, 1.82) is 0 Å². The van der Waals surface area contributed by atoms with Gasteiger partial charge in [-0.3, -0.25) is 4.98 Å². The lowest BCUT2D eigenvalue weighted by molar-refractivity contribution is 0.272. The largest absolute Gasteiger partial charge is 0.368 e. The lowest BCUT2D eigenvalue weighted by Gasteiger charge is -2.39. The molecule has 9 heteroatoms. The Bertz CT molecular complexity index is 1150. The quantitative estimate of drug-likeness (QED) is 0.484. The van der Waals surface area contributed by atoms with E-state index >= 15 is 0 Å². The fourth-order valence-electron chi connectivity index (χ4n) is 3.65. The topological polar surface area (TPSA) is 116 Å². The second kappa shape index (κ2) is 7.49. The molecule has 2 N–H and O–H groups in total. The minimum Gasteiger partial charge on any atom is -0.368 e. The van der Waals surface area contributed by atoms with E-state index in [0.29, 0.717) is 11.7 Å². The number of hydrogen-bond donors (Lipinski definition) is 1. The van der Waals surface area contributed by atoms with Gasteiger partial charge in [-0.05, 0) is 42.9 Å². The van der Waals surface area contributed by atoms with E-state index < -0.39 is 0 Å². The molecule has 5 rings (SSSR count). The first-order valence-corrected chi connectivity index (χ1v) is 10.8. The van der Waals surface area contributed by atoms with Crippen LogP contribution in [0.2, 0.25) is 0 Å². The van der Waals surface area contributed by atoms with Gasteiger partial charge in [-0.2, -0.15) is 4.98 Å². The predicted octanol–water partition coefficient (Wildman–Crippen LogP) is 3.76. The highest BCUT2D eigenvalue weighted by atomic mass is 32.2. The zero-order valence-corrected chi connectivity index (χ0v) is 17.1. The van der Waals surface area contributed by atoms with Crippen LogP contribution in [0.5, 0.6) is 0 Å². The van der Waals surface area contributed by atoms with Gasteiger partial charge in [0, 0.05) is 30.4 Å². The molecule has 150 valence electrons. The Morgan fingerprint density at radius 1 is 0.933 bits per heavy atom. The summed E-state index contributed by atoms with van der Waals surface area (Å²) in [6.07, 6.45) is 12.0. The zero-order valence-electron chi connectivity index (χ0n) is 16.3. The summed E-state index contributed by atoms with van der Waals surface area (Å²) in [6.45, 7) is 0. The van der Waals surface area contributed by atoms with Crippen molar-refractivity contribution in [2.75, 3.05) is 12.0 Å². The second-order valence-electron chi connectivity index (χ2n) is 7.21. The fraction of sp³-hybridized carbons (Fsp3) is 0.238. The Hall–Kier alpha value is -3.33. The van der Waals surface area contributed by atoms with Crippen molar-refractivity contribution >= 4 is 17.7 Å². The number of thioether (sulfide) groups is 1. The van der Waals surface area contributed by atoms with Crippen LogP contribution in [0.1, 0.15) is 30.7 Å². The molecule has 0 radical (unpaired) electrons. The van der Waals surface area contributed by atoms with Gasteiger partial charge in [0.15, 0.2) is 5.82 Å². The molecular weight excluding hydrogens is 398 g/mol. The Morgan fingerprint density at radius 2 is 1.73 bits per heavy atom. The molecule has 1 saturated carbocycles.